The van der Waals surface area contributed by atoms with E-state index in [0.29, 0.717) is 29.2 Å². The third kappa shape index (κ3) is 4.37. The summed E-state index contributed by atoms with van der Waals surface area (Å²) in [4.78, 5) is 19.2. The first-order chi connectivity index (χ1) is 16.3. The van der Waals surface area contributed by atoms with Crippen LogP contribution in [0.2, 0.25) is 0 Å². The van der Waals surface area contributed by atoms with Crippen LogP contribution in [0.1, 0.15) is 83.5 Å². The van der Waals surface area contributed by atoms with E-state index in [-0.39, 0.29) is 16.9 Å². The van der Waals surface area contributed by atoms with E-state index in [9.17, 15) is 9.90 Å². The number of halogens is 1. The maximum atomic E-state index is 11.4. The van der Waals surface area contributed by atoms with Gasteiger partial charge in [-0.25, -0.2) is 4.79 Å². The van der Waals surface area contributed by atoms with Crippen molar-refractivity contribution in [1.82, 2.24) is 9.97 Å². The fraction of sp³-hybridized carbons (Fsp3) is 0.357. The first kappa shape index (κ1) is 22.7. The van der Waals surface area contributed by atoms with Crippen molar-refractivity contribution in [3.63, 3.8) is 0 Å². The van der Waals surface area contributed by atoms with Gasteiger partial charge in [0.1, 0.15) is 5.75 Å². The van der Waals surface area contributed by atoms with Crippen LogP contribution < -0.4 is 15.4 Å². The van der Waals surface area contributed by atoms with Crippen molar-refractivity contribution < 1.29 is 14.6 Å². The number of nitrogens with one attached hydrogen (secondary N) is 1. The molecule has 1 heterocycles. The van der Waals surface area contributed by atoms with E-state index in [1.54, 1.807) is 19.1 Å². The maximum Gasteiger partial charge on any atom is 0.336 e. The molecule has 2 aromatic carbocycles. The Morgan fingerprint density at radius 2 is 2.03 bits per heavy atom. The number of aromatic amines is 1. The van der Waals surface area contributed by atoms with Crippen LogP contribution in [0.25, 0.3) is 12.2 Å². The van der Waals surface area contributed by atoms with Gasteiger partial charge in [-0.1, -0.05) is 38.1 Å². The number of carboxylic acid groups (broad SMARTS) is 1. The zero-order valence-electron chi connectivity index (χ0n) is 19.6. The number of hydrogen-bond donors (Lipinski definition) is 2. The molecule has 5 rings (SSSR count). The van der Waals surface area contributed by atoms with Gasteiger partial charge >= 0.3 is 5.97 Å². The average molecular weight is 477 g/mol. The van der Waals surface area contributed by atoms with Crippen LogP contribution in [0.4, 0.5) is 0 Å². The lowest BCUT2D eigenvalue weighted by molar-refractivity contribution is 0.0695. The number of aryl methyl sites for hydroxylation is 1. The molecule has 176 valence electrons. The molecule has 0 bridgehead atoms. The normalized spacial score (nSPS) is 20.1. The summed E-state index contributed by atoms with van der Waals surface area (Å²) in [6.45, 7) is 6.30. The van der Waals surface area contributed by atoms with Crippen LogP contribution in [-0.2, 0) is 0 Å². The molecule has 0 amide bonds. The van der Waals surface area contributed by atoms with Crippen LogP contribution in [0.15, 0.2) is 36.4 Å². The topological polar surface area (TPSA) is 75.2 Å². The Kier molecular flexibility index (Phi) is 5.98. The number of carboxylic acids is 1. The van der Waals surface area contributed by atoms with Crippen molar-refractivity contribution in [3.05, 3.63) is 74.9 Å². The van der Waals surface area contributed by atoms with Gasteiger partial charge in [0.25, 0.3) is 6.01 Å². The Balaban J connectivity index is 1.46. The SMILES string of the molecule is CCC(C)c1cc(C2C=c3nc(Oc4ccc(C)c(C(=O)O)c4)[nH]c3=CC2Cl)ccc1C1CC1. The Morgan fingerprint density at radius 3 is 2.74 bits per heavy atom. The van der Waals surface area contributed by atoms with Gasteiger partial charge in [0, 0.05) is 5.92 Å². The lowest BCUT2D eigenvalue weighted by Crippen LogP contribution is -2.32. The lowest BCUT2D eigenvalue weighted by atomic mass is 9.85. The Labute approximate surface area is 204 Å². The molecule has 0 radical (unpaired) electrons. The zero-order chi connectivity index (χ0) is 24.0. The van der Waals surface area contributed by atoms with Crippen molar-refractivity contribution >= 4 is 29.7 Å². The van der Waals surface area contributed by atoms with Crippen LogP contribution in [0.3, 0.4) is 0 Å². The minimum Gasteiger partial charge on any atom is -0.478 e. The number of hydrogen-bond acceptors (Lipinski definition) is 3. The Morgan fingerprint density at radius 1 is 1.24 bits per heavy atom. The Bertz CT molecular complexity index is 1370. The minimum atomic E-state index is -0.986. The number of aromatic carboxylic acids is 1. The summed E-state index contributed by atoms with van der Waals surface area (Å²) < 4.78 is 5.85. The zero-order valence-corrected chi connectivity index (χ0v) is 20.4. The fourth-order valence-electron chi connectivity index (χ4n) is 4.70. The molecule has 3 aromatic rings. The van der Waals surface area contributed by atoms with Crippen molar-refractivity contribution in [3.8, 4) is 11.8 Å². The van der Waals surface area contributed by atoms with E-state index in [0.717, 1.165) is 17.1 Å². The second-order valence-electron chi connectivity index (χ2n) is 9.50. The van der Waals surface area contributed by atoms with Gasteiger partial charge in [-0.05, 0) is 84.6 Å². The molecule has 6 heteroatoms. The molecule has 0 saturated heterocycles. The van der Waals surface area contributed by atoms with Gasteiger partial charge in [0.05, 0.1) is 21.6 Å². The molecule has 2 aliphatic rings. The molecule has 1 aromatic heterocycles. The number of carbonyl (C=O) groups is 1. The molecule has 34 heavy (non-hydrogen) atoms. The molecule has 0 aliphatic heterocycles. The van der Waals surface area contributed by atoms with Gasteiger partial charge in [-0.3, -0.25) is 0 Å². The lowest BCUT2D eigenvalue weighted by Gasteiger charge is -2.22. The van der Waals surface area contributed by atoms with Gasteiger partial charge in [-0.15, -0.1) is 11.6 Å². The molecule has 2 aliphatic carbocycles. The first-order valence-corrected chi connectivity index (χ1v) is 12.4. The number of H-pyrrole nitrogens is 1. The first-order valence-electron chi connectivity index (χ1n) is 11.9. The summed E-state index contributed by atoms with van der Waals surface area (Å²) in [7, 11) is 0. The summed E-state index contributed by atoms with van der Waals surface area (Å²) in [5, 5.41) is 10.8. The monoisotopic (exact) mass is 476 g/mol. The number of ether oxygens (including phenoxy) is 1. The van der Waals surface area contributed by atoms with Gasteiger partial charge in [0.2, 0.25) is 0 Å². The van der Waals surface area contributed by atoms with Gasteiger partial charge in [-0.2, -0.15) is 4.98 Å². The van der Waals surface area contributed by atoms with Crippen molar-refractivity contribution in [2.45, 2.75) is 63.2 Å². The smallest absolute Gasteiger partial charge is 0.336 e. The second-order valence-corrected chi connectivity index (χ2v) is 10.0. The highest BCUT2D eigenvalue weighted by molar-refractivity contribution is 6.25. The third-order valence-corrected chi connectivity index (χ3v) is 7.45. The predicted molar refractivity (Wildman–Crippen MR) is 134 cm³/mol. The van der Waals surface area contributed by atoms with E-state index >= 15 is 0 Å². The second kappa shape index (κ2) is 8.95. The molecule has 3 atom stereocenters. The van der Waals surface area contributed by atoms with Crippen LogP contribution in [0.5, 0.6) is 11.8 Å². The molecule has 0 spiro atoms. The van der Waals surface area contributed by atoms with Crippen LogP contribution >= 0.6 is 11.6 Å². The highest BCUT2D eigenvalue weighted by Gasteiger charge is 2.29. The summed E-state index contributed by atoms with van der Waals surface area (Å²) in [6, 6.07) is 12.2. The number of alkyl halides is 1. The minimum absolute atomic E-state index is 0.0133. The molecular weight excluding hydrogens is 448 g/mol. The average Bonchev–Trinajstić information content (AvgIpc) is 3.59. The highest BCUT2D eigenvalue weighted by Crippen LogP contribution is 2.45. The third-order valence-electron chi connectivity index (χ3n) is 7.06. The molecule has 1 saturated carbocycles. The van der Waals surface area contributed by atoms with E-state index in [4.69, 9.17) is 16.3 Å². The summed E-state index contributed by atoms with van der Waals surface area (Å²) in [6.07, 6.45) is 7.77. The van der Waals surface area contributed by atoms with Crippen molar-refractivity contribution in [1.29, 1.82) is 0 Å². The Hall–Kier alpha value is -3.05. The molecule has 3 unspecified atom stereocenters. The molecule has 1 fully saturated rings. The number of benzene rings is 2. The fourth-order valence-corrected chi connectivity index (χ4v) is 5.05. The summed E-state index contributed by atoms with van der Waals surface area (Å²) in [5.74, 6) is 0.679. The van der Waals surface area contributed by atoms with E-state index in [1.165, 1.54) is 35.6 Å². The van der Waals surface area contributed by atoms with E-state index in [1.807, 2.05) is 6.08 Å². The molecule has 5 nitrogen and oxygen atoms in total. The van der Waals surface area contributed by atoms with Crippen LogP contribution in [-0.4, -0.2) is 26.4 Å². The number of imidazole rings is 1. The predicted octanol–water partition coefficient (Wildman–Crippen LogP) is 5.57. The highest BCUT2D eigenvalue weighted by atomic mass is 35.5. The molecule has 2 N–H and O–H groups in total. The standard InChI is InChI=1S/C28H29ClN2O3/c1-4-15(2)21-11-18(8-10-20(21)17-6-7-17)23-13-25-26(14-24(23)29)31-28(30-25)34-19-9-5-16(3)22(12-19)27(32)33/h5,8-15,17,23-24H,4,6-7H2,1-3H3,(H,30,31)(H,32,33). The summed E-state index contributed by atoms with van der Waals surface area (Å²) >= 11 is 6.83. The summed E-state index contributed by atoms with van der Waals surface area (Å²) in [5.41, 5.74) is 5.04. The van der Waals surface area contributed by atoms with Gasteiger partial charge < -0.3 is 14.8 Å². The number of fused-ring (bicyclic) bond motifs is 1. The number of nitrogens with zero attached hydrogens (tertiary/aromatic N) is 1. The molecular formula is C28H29ClN2O3. The largest absolute Gasteiger partial charge is 0.478 e. The maximum absolute atomic E-state index is 11.4. The van der Waals surface area contributed by atoms with Crippen molar-refractivity contribution in [2.75, 3.05) is 0 Å². The van der Waals surface area contributed by atoms with Gasteiger partial charge in [0.15, 0.2) is 0 Å². The number of rotatable bonds is 7. The quantitative estimate of drug-likeness (QED) is 0.437. The van der Waals surface area contributed by atoms with E-state index < -0.39 is 5.97 Å². The number of aromatic nitrogens is 2. The van der Waals surface area contributed by atoms with Crippen molar-refractivity contribution in [2.24, 2.45) is 0 Å². The van der Waals surface area contributed by atoms with Crippen LogP contribution in [0, 0.1) is 6.92 Å². The van der Waals surface area contributed by atoms with E-state index in [2.05, 4.69) is 48.1 Å².